The largest absolute Gasteiger partial charge is 0.366 e. The molecule has 1 aliphatic carbocycles. The van der Waals surface area contributed by atoms with Crippen LogP contribution in [0.5, 0.6) is 0 Å². The Morgan fingerprint density at radius 1 is 1.16 bits per heavy atom. The molecular weight excluding hydrogens is 234 g/mol. The third-order valence-corrected chi connectivity index (χ3v) is 3.28. The number of aromatic nitrogens is 1. The molecule has 1 aliphatic rings. The van der Waals surface area contributed by atoms with Crippen molar-refractivity contribution in [3.63, 3.8) is 0 Å². The maximum atomic E-state index is 9.12. The van der Waals surface area contributed by atoms with Crippen molar-refractivity contribution in [2.24, 2.45) is 0 Å². The molecule has 3 nitrogen and oxygen atoms in total. The number of benzene rings is 1. The second-order valence-electron chi connectivity index (χ2n) is 4.99. The van der Waals surface area contributed by atoms with Crippen LogP contribution in [0.1, 0.15) is 24.0 Å². The van der Waals surface area contributed by atoms with Gasteiger partial charge in [-0.25, -0.2) is 4.98 Å². The van der Waals surface area contributed by atoms with E-state index in [9.17, 15) is 0 Å². The van der Waals surface area contributed by atoms with E-state index in [1.165, 1.54) is 18.4 Å². The van der Waals surface area contributed by atoms with Gasteiger partial charge in [-0.3, -0.25) is 0 Å². The first kappa shape index (κ1) is 11.7. The van der Waals surface area contributed by atoms with E-state index in [1.54, 1.807) is 0 Å². The third-order valence-electron chi connectivity index (χ3n) is 3.28. The predicted octanol–water partition coefficient (Wildman–Crippen LogP) is 3.50. The first-order valence-corrected chi connectivity index (χ1v) is 6.51. The van der Waals surface area contributed by atoms with Gasteiger partial charge in [-0.2, -0.15) is 5.26 Å². The van der Waals surface area contributed by atoms with Crippen LogP contribution in [0.3, 0.4) is 0 Å². The van der Waals surface area contributed by atoms with Gasteiger partial charge < -0.3 is 5.32 Å². The smallest absolute Gasteiger partial charge is 0.144 e. The minimum absolute atomic E-state index is 0.493. The number of anilines is 1. The second kappa shape index (κ2) is 4.74. The summed E-state index contributed by atoms with van der Waals surface area (Å²) >= 11 is 0. The van der Waals surface area contributed by atoms with E-state index in [1.807, 2.05) is 12.1 Å². The minimum atomic E-state index is 0.493. The van der Waals surface area contributed by atoms with Crippen LogP contribution < -0.4 is 5.32 Å². The maximum Gasteiger partial charge on any atom is 0.144 e. The van der Waals surface area contributed by atoms with Gasteiger partial charge >= 0.3 is 0 Å². The summed E-state index contributed by atoms with van der Waals surface area (Å²) in [5.74, 6) is 0.711. The Balaban J connectivity index is 1.97. The van der Waals surface area contributed by atoms with Gasteiger partial charge in [-0.05, 0) is 31.9 Å². The minimum Gasteiger partial charge on any atom is -0.366 e. The normalized spacial score (nSPS) is 13.9. The summed E-state index contributed by atoms with van der Waals surface area (Å²) < 4.78 is 0. The van der Waals surface area contributed by atoms with E-state index in [0.29, 0.717) is 17.4 Å². The second-order valence-corrected chi connectivity index (χ2v) is 4.99. The molecule has 1 aromatic heterocycles. The summed E-state index contributed by atoms with van der Waals surface area (Å²) in [6.45, 7) is 2.07. The zero-order chi connectivity index (χ0) is 13.2. The Bertz CT molecular complexity index is 634. The molecule has 1 saturated carbocycles. The van der Waals surface area contributed by atoms with Crippen LogP contribution in [0.15, 0.2) is 36.4 Å². The molecule has 2 aromatic rings. The molecule has 0 radical (unpaired) electrons. The first-order chi connectivity index (χ1) is 9.26. The Morgan fingerprint density at radius 2 is 1.89 bits per heavy atom. The van der Waals surface area contributed by atoms with Crippen LogP contribution in [-0.2, 0) is 0 Å². The zero-order valence-corrected chi connectivity index (χ0v) is 10.9. The fourth-order valence-electron chi connectivity index (χ4n) is 1.97. The highest BCUT2D eigenvalue weighted by Gasteiger charge is 2.22. The summed E-state index contributed by atoms with van der Waals surface area (Å²) in [7, 11) is 0. The molecule has 19 heavy (non-hydrogen) atoms. The lowest BCUT2D eigenvalue weighted by atomic mass is 10.1. The molecule has 1 heterocycles. The molecule has 0 amide bonds. The topological polar surface area (TPSA) is 48.7 Å². The molecule has 0 bridgehead atoms. The Hall–Kier alpha value is -2.34. The number of hydrogen-bond acceptors (Lipinski definition) is 3. The van der Waals surface area contributed by atoms with Crippen LogP contribution in [0.25, 0.3) is 11.3 Å². The van der Waals surface area contributed by atoms with E-state index >= 15 is 0 Å². The average molecular weight is 249 g/mol. The van der Waals surface area contributed by atoms with Gasteiger partial charge in [0.2, 0.25) is 0 Å². The standard InChI is InChI=1S/C16H15N3/c1-11-2-4-12(5-3-11)15-9-6-13(10-17)16(19-15)18-14-7-8-14/h2-6,9,14H,7-8H2,1H3,(H,18,19). The molecule has 0 aliphatic heterocycles. The highest BCUT2D eigenvalue weighted by atomic mass is 15.0. The van der Waals surface area contributed by atoms with E-state index in [2.05, 4.69) is 47.6 Å². The van der Waals surface area contributed by atoms with E-state index in [4.69, 9.17) is 5.26 Å². The van der Waals surface area contributed by atoms with Crippen LogP contribution in [0.4, 0.5) is 5.82 Å². The van der Waals surface area contributed by atoms with Gasteiger partial charge in [0.1, 0.15) is 11.9 Å². The number of nitrogens with one attached hydrogen (secondary N) is 1. The lowest BCUT2D eigenvalue weighted by Crippen LogP contribution is -2.05. The molecule has 3 heteroatoms. The highest BCUT2D eigenvalue weighted by molar-refractivity contribution is 5.65. The number of rotatable bonds is 3. The summed E-state index contributed by atoms with van der Waals surface area (Å²) in [6, 6.07) is 14.7. The molecule has 0 atom stereocenters. The van der Waals surface area contributed by atoms with Gasteiger partial charge in [0.15, 0.2) is 0 Å². The quantitative estimate of drug-likeness (QED) is 0.905. The van der Waals surface area contributed by atoms with Crippen LogP contribution >= 0.6 is 0 Å². The molecule has 1 N–H and O–H groups in total. The monoisotopic (exact) mass is 249 g/mol. The van der Waals surface area contributed by atoms with Gasteiger partial charge in [-0.15, -0.1) is 0 Å². The van der Waals surface area contributed by atoms with Crippen molar-refractivity contribution in [1.82, 2.24) is 4.98 Å². The zero-order valence-electron chi connectivity index (χ0n) is 10.9. The Morgan fingerprint density at radius 3 is 2.53 bits per heavy atom. The fraction of sp³-hybridized carbons (Fsp3) is 0.250. The van der Waals surface area contributed by atoms with Crippen LogP contribution in [0, 0.1) is 18.3 Å². The van der Waals surface area contributed by atoms with Crippen LogP contribution in [0.2, 0.25) is 0 Å². The van der Waals surface area contributed by atoms with Gasteiger partial charge in [0.25, 0.3) is 0 Å². The molecule has 0 spiro atoms. The first-order valence-electron chi connectivity index (χ1n) is 6.51. The molecule has 3 rings (SSSR count). The third kappa shape index (κ3) is 2.58. The molecule has 0 saturated heterocycles. The number of nitrogens with zero attached hydrogens (tertiary/aromatic N) is 2. The van der Waals surface area contributed by atoms with Crippen molar-refractivity contribution >= 4 is 5.82 Å². The number of aryl methyl sites for hydroxylation is 1. The lowest BCUT2D eigenvalue weighted by Gasteiger charge is -2.08. The van der Waals surface area contributed by atoms with Crippen LogP contribution in [-0.4, -0.2) is 11.0 Å². The molecule has 0 unspecified atom stereocenters. The lowest BCUT2D eigenvalue weighted by molar-refractivity contribution is 1.11. The maximum absolute atomic E-state index is 9.12. The summed E-state index contributed by atoms with van der Waals surface area (Å²) in [5, 5.41) is 12.4. The summed E-state index contributed by atoms with van der Waals surface area (Å²) in [6.07, 6.45) is 2.34. The van der Waals surface area contributed by atoms with E-state index in [-0.39, 0.29) is 0 Å². The van der Waals surface area contributed by atoms with E-state index in [0.717, 1.165) is 11.3 Å². The van der Waals surface area contributed by atoms with Crippen molar-refractivity contribution < 1.29 is 0 Å². The summed E-state index contributed by atoms with van der Waals surface area (Å²) in [4.78, 5) is 4.59. The Kier molecular flexibility index (Phi) is 2.92. The fourth-order valence-corrected chi connectivity index (χ4v) is 1.97. The predicted molar refractivity (Wildman–Crippen MR) is 75.8 cm³/mol. The molecule has 1 fully saturated rings. The number of pyridine rings is 1. The van der Waals surface area contributed by atoms with Crippen molar-refractivity contribution in [1.29, 1.82) is 5.26 Å². The van der Waals surface area contributed by atoms with Gasteiger partial charge in [0, 0.05) is 11.6 Å². The number of hydrogen-bond donors (Lipinski definition) is 1. The number of nitriles is 1. The Labute approximate surface area is 112 Å². The molecule has 94 valence electrons. The van der Waals surface area contributed by atoms with Gasteiger partial charge in [-0.1, -0.05) is 29.8 Å². The van der Waals surface area contributed by atoms with Gasteiger partial charge in [0.05, 0.1) is 11.3 Å². The summed E-state index contributed by atoms with van der Waals surface area (Å²) in [5.41, 5.74) is 3.83. The van der Waals surface area contributed by atoms with E-state index < -0.39 is 0 Å². The average Bonchev–Trinajstić information content (AvgIpc) is 3.23. The van der Waals surface area contributed by atoms with Crippen molar-refractivity contribution in [3.8, 4) is 17.3 Å². The molecular formula is C16H15N3. The molecule has 1 aromatic carbocycles. The van der Waals surface area contributed by atoms with Crippen molar-refractivity contribution in [2.75, 3.05) is 5.32 Å². The van der Waals surface area contributed by atoms with Crippen molar-refractivity contribution in [3.05, 3.63) is 47.5 Å². The van der Waals surface area contributed by atoms with Crippen molar-refractivity contribution in [2.45, 2.75) is 25.8 Å². The SMILES string of the molecule is Cc1ccc(-c2ccc(C#N)c(NC3CC3)n2)cc1. The highest BCUT2D eigenvalue weighted by Crippen LogP contribution is 2.27.